The maximum Gasteiger partial charge on any atom is 0.141 e. The van der Waals surface area contributed by atoms with Crippen LogP contribution in [0.4, 0.5) is 4.39 Å². The van der Waals surface area contributed by atoms with Crippen LogP contribution in [0.15, 0.2) is 46.9 Å². The minimum atomic E-state index is -0.310. The van der Waals surface area contributed by atoms with Gasteiger partial charge >= 0.3 is 0 Å². The summed E-state index contributed by atoms with van der Waals surface area (Å²) in [6, 6.07) is 12.6. The number of benzene rings is 2. The van der Waals surface area contributed by atoms with E-state index < -0.39 is 0 Å². The predicted molar refractivity (Wildman–Crippen MR) is 77.7 cm³/mol. The maximum atomic E-state index is 13.1. The molecule has 19 heavy (non-hydrogen) atoms. The molecule has 2 rings (SSSR count). The first-order chi connectivity index (χ1) is 9.04. The summed E-state index contributed by atoms with van der Waals surface area (Å²) < 4.78 is 13.5. The number of carbonyl (C=O) groups excluding carboxylic acids is 1. The first-order valence-corrected chi connectivity index (χ1v) is 6.85. The van der Waals surface area contributed by atoms with Gasteiger partial charge in [-0.2, -0.15) is 0 Å². The van der Waals surface area contributed by atoms with Crippen molar-refractivity contribution in [1.29, 1.82) is 0 Å². The highest BCUT2D eigenvalue weighted by Gasteiger charge is 2.07. The first-order valence-electron chi connectivity index (χ1n) is 6.06. The van der Waals surface area contributed by atoms with Gasteiger partial charge in [0, 0.05) is 12.8 Å². The van der Waals surface area contributed by atoms with Crippen LogP contribution in [0.3, 0.4) is 0 Å². The van der Waals surface area contributed by atoms with E-state index in [-0.39, 0.29) is 11.6 Å². The molecule has 0 bridgehead atoms. The lowest BCUT2D eigenvalue weighted by molar-refractivity contribution is -0.117. The number of hydrogen-bond acceptors (Lipinski definition) is 1. The molecule has 0 N–H and O–H groups in total. The highest BCUT2D eigenvalue weighted by molar-refractivity contribution is 9.10. The fourth-order valence-corrected chi connectivity index (χ4v) is 2.30. The van der Waals surface area contributed by atoms with Gasteiger partial charge in [-0.1, -0.05) is 35.9 Å². The zero-order valence-corrected chi connectivity index (χ0v) is 12.2. The lowest BCUT2D eigenvalue weighted by atomic mass is 10.0. The molecule has 0 aliphatic carbocycles. The molecule has 0 aliphatic heterocycles. The Bertz CT molecular complexity index is 590. The van der Waals surface area contributed by atoms with Crippen molar-refractivity contribution in [3.63, 3.8) is 0 Å². The van der Waals surface area contributed by atoms with Crippen LogP contribution in [0.25, 0.3) is 0 Å². The number of ketones is 1. The molecule has 0 saturated heterocycles. The number of Topliss-reactive ketones (excluding diaryl/α,β-unsaturated/α-hetero) is 1. The molecule has 0 aromatic heterocycles. The van der Waals surface area contributed by atoms with Crippen molar-refractivity contribution in [1.82, 2.24) is 0 Å². The van der Waals surface area contributed by atoms with Gasteiger partial charge in [0.25, 0.3) is 0 Å². The predicted octanol–water partition coefficient (Wildman–Crippen LogP) is 4.25. The molecular weight excluding hydrogens is 307 g/mol. The second-order valence-electron chi connectivity index (χ2n) is 4.63. The van der Waals surface area contributed by atoms with Crippen LogP contribution in [0, 0.1) is 12.7 Å². The first kappa shape index (κ1) is 13.9. The molecule has 0 radical (unpaired) electrons. The van der Waals surface area contributed by atoms with Crippen molar-refractivity contribution in [3.8, 4) is 0 Å². The van der Waals surface area contributed by atoms with E-state index in [0.717, 1.165) is 11.1 Å². The number of hydrogen-bond donors (Lipinski definition) is 0. The fraction of sp³-hybridized carbons (Fsp3) is 0.188. The van der Waals surface area contributed by atoms with Crippen LogP contribution in [-0.2, 0) is 17.6 Å². The molecule has 0 amide bonds. The van der Waals surface area contributed by atoms with Gasteiger partial charge in [0.2, 0.25) is 0 Å². The summed E-state index contributed by atoms with van der Waals surface area (Å²) in [5, 5.41) is 0. The summed E-state index contributed by atoms with van der Waals surface area (Å²) in [6.07, 6.45) is 0.738. The largest absolute Gasteiger partial charge is 0.299 e. The molecule has 0 unspecified atom stereocenters. The maximum absolute atomic E-state index is 13.1. The van der Waals surface area contributed by atoms with Crippen LogP contribution in [0.2, 0.25) is 0 Å². The van der Waals surface area contributed by atoms with E-state index >= 15 is 0 Å². The minimum absolute atomic E-state index is 0.127. The Morgan fingerprint density at radius 2 is 1.63 bits per heavy atom. The molecule has 2 aromatic rings. The molecule has 0 heterocycles. The minimum Gasteiger partial charge on any atom is -0.299 e. The monoisotopic (exact) mass is 320 g/mol. The molecular formula is C16H14BrFO. The number of rotatable bonds is 4. The second-order valence-corrected chi connectivity index (χ2v) is 5.48. The SMILES string of the molecule is Cc1ccc(CC(=O)Cc2ccc(F)c(Br)c2)cc1. The summed E-state index contributed by atoms with van der Waals surface area (Å²) in [5.41, 5.74) is 3.01. The lowest BCUT2D eigenvalue weighted by Gasteiger charge is -2.04. The van der Waals surface area contributed by atoms with Gasteiger partial charge in [-0.05, 0) is 46.1 Å². The Balaban J connectivity index is 2.01. The van der Waals surface area contributed by atoms with Gasteiger partial charge in [-0.25, -0.2) is 4.39 Å². The summed E-state index contributed by atoms with van der Waals surface area (Å²) in [4.78, 5) is 12.0. The fourth-order valence-electron chi connectivity index (χ4n) is 1.87. The molecule has 3 heteroatoms. The standard InChI is InChI=1S/C16H14BrFO/c1-11-2-4-12(5-3-11)8-14(19)9-13-6-7-16(18)15(17)10-13/h2-7,10H,8-9H2,1H3. The number of halogens is 2. The van der Waals surface area contributed by atoms with Crippen molar-refractivity contribution < 1.29 is 9.18 Å². The second kappa shape index (κ2) is 6.11. The van der Waals surface area contributed by atoms with E-state index in [0.29, 0.717) is 17.3 Å². The topological polar surface area (TPSA) is 17.1 Å². The molecule has 2 aromatic carbocycles. The molecule has 0 atom stereocenters. The average molecular weight is 321 g/mol. The molecule has 1 nitrogen and oxygen atoms in total. The van der Waals surface area contributed by atoms with E-state index in [1.54, 1.807) is 12.1 Å². The van der Waals surface area contributed by atoms with Crippen molar-refractivity contribution in [2.75, 3.05) is 0 Å². The van der Waals surface area contributed by atoms with E-state index in [1.165, 1.54) is 11.6 Å². The van der Waals surface area contributed by atoms with Crippen LogP contribution >= 0.6 is 15.9 Å². The third-order valence-corrected chi connectivity index (χ3v) is 3.51. The molecule has 0 saturated carbocycles. The van der Waals surface area contributed by atoms with E-state index in [9.17, 15) is 9.18 Å². The summed E-state index contributed by atoms with van der Waals surface area (Å²) in [6.45, 7) is 2.02. The van der Waals surface area contributed by atoms with Gasteiger partial charge in [0.05, 0.1) is 4.47 Å². The highest BCUT2D eigenvalue weighted by atomic mass is 79.9. The van der Waals surface area contributed by atoms with Crippen LogP contribution in [0.1, 0.15) is 16.7 Å². The number of carbonyl (C=O) groups is 1. The zero-order chi connectivity index (χ0) is 13.8. The summed E-state index contributed by atoms with van der Waals surface area (Å²) in [5.74, 6) is -0.183. The Morgan fingerprint density at radius 3 is 2.26 bits per heavy atom. The van der Waals surface area contributed by atoms with Crippen molar-refractivity contribution in [2.45, 2.75) is 19.8 Å². The quantitative estimate of drug-likeness (QED) is 0.823. The van der Waals surface area contributed by atoms with E-state index in [1.807, 2.05) is 31.2 Å². The zero-order valence-electron chi connectivity index (χ0n) is 10.6. The molecule has 0 fully saturated rings. The van der Waals surface area contributed by atoms with Crippen molar-refractivity contribution in [3.05, 3.63) is 69.4 Å². The molecule has 0 aliphatic rings. The summed E-state index contributed by atoms with van der Waals surface area (Å²) >= 11 is 3.12. The smallest absolute Gasteiger partial charge is 0.141 e. The normalized spacial score (nSPS) is 10.5. The van der Waals surface area contributed by atoms with Gasteiger partial charge in [0.15, 0.2) is 0 Å². The lowest BCUT2D eigenvalue weighted by Crippen LogP contribution is -2.06. The van der Waals surface area contributed by atoms with Gasteiger partial charge in [-0.3, -0.25) is 4.79 Å². The Hall–Kier alpha value is -1.48. The number of aryl methyl sites for hydroxylation is 1. The van der Waals surface area contributed by atoms with E-state index in [4.69, 9.17) is 0 Å². The van der Waals surface area contributed by atoms with Crippen LogP contribution < -0.4 is 0 Å². The van der Waals surface area contributed by atoms with Gasteiger partial charge < -0.3 is 0 Å². The highest BCUT2D eigenvalue weighted by Crippen LogP contribution is 2.17. The Labute approximate surface area is 120 Å². The molecule has 0 spiro atoms. The summed E-state index contributed by atoms with van der Waals surface area (Å²) in [7, 11) is 0. The van der Waals surface area contributed by atoms with Crippen molar-refractivity contribution in [2.24, 2.45) is 0 Å². The van der Waals surface area contributed by atoms with Crippen LogP contribution in [-0.4, -0.2) is 5.78 Å². The Morgan fingerprint density at radius 1 is 1.05 bits per heavy atom. The van der Waals surface area contributed by atoms with Gasteiger partial charge in [-0.15, -0.1) is 0 Å². The van der Waals surface area contributed by atoms with Crippen LogP contribution in [0.5, 0.6) is 0 Å². The van der Waals surface area contributed by atoms with Crippen molar-refractivity contribution >= 4 is 21.7 Å². The van der Waals surface area contributed by atoms with Gasteiger partial charge in [0.1, 0.15) is 11.6 Å². The average Bonchev–Trinajstić information content (AvgIpc) is 2.37. The third-order valence-electron chi connectivity index (χ3n) is 2.91. The Kier molecular flexibility index (Phi) is 4.48. The molecule has 98 valence electrons. The van der Waals surface area contributed by atoms with E-state index in [2.05, 4.69) is 15.9 Å². The third kappa shape index (κ3) is 4.00.